The van der Waals surface area contributed by atoms with Gasteiger partial charge in [-0.3, -0.25) is 4.79 Å². The highest BCUT2D eigenvalue weighted by Gasteiger charge is 2.01. The number of amides is 1. The lowest BCUT2D eigenvalue weighted by Crippen LogP contribution is -2.24. The number of hydrogen-bond acceptors (Lipinski definition) is 4. The lowest BCUT2D eigenvalue weighted by atomic mass is 10.1. The smallest absolute Gasteiger partial charge is 0.223 e. The van der Waals surface area contributed by atoms with Crippen molar-refractivity contribution in [3.8, 4) is 5.75 Å². The Hall–Kier alpha value is -2.04. The van der Waals surface area contributed by atoms with Gasteiger partial charge in [0.25, 0.3) is 0 Å². The molecule has 0 saturated heterocycles. The minimum absolute atomic E-state index is 0.0163. The van der Waals surface area contributed by atoms with Crippen molar-refractivity contribution in [1.82, 2.24) is 5.32 Å². The summed E-state index contributed by atoms with van der Waals surface area (Å²) in [4.78, 5) is 11.2. The number of carbonyl (C=O) groups is 1. The van der Waals surface area contributed by atoms with Gasteiger partial charge in [-0.15, -0.1) is 0 Å². The van der Waals surface area contributed by atoms with Gasteiger partial charge in [-0.25, -0.2) is 0 Å². The zero-order valence-electron chi connectivity index (χ0n) is 10.6. The van der Waals surface area contributed by atoms with Crippen LogP contribution in [0.2, 0.25) is 0 Å². The van der Waals surface area contributed by atoms with E-state index in [2.05, 4.69) is 10.5 Å². The zero-order chi connectivity index (χ0) is 13.4. The molecule has 0 fully saturated rings. The number of ether oxygens (including phenoxy) is 1. The SMILES string of the molecule is CCNC(=O)CCOc1ccc(/C(C)=N/O)cc1. The molecule has 5 heteroatoms. The van der Waals surface area contributed by atoms with Gasteiger partial charge in [0, 0.05) is 6.54 Å². The van der Waals surface area contributed by atoms with Crippen LogP contribution in [0.15, 0.2) is 29.4 Å². The van der Waals surface area contributed by atoms with Crippen molar-refractivity contribution in [3.05, 3.63) is 29.8 Å². The van der Waals surface area contributed by atoms with Gasteiger partial charge < -0.3 is 15.3 Å². The van der Waals surface area contributed by atoms with E-state index in [1.54, 1.807) is 31.2 Å². The molecular formula is C13H18N2O3. The zero-order valence-corrected chi connectivity index (χ0v) is 10.6. The molecule has 0 aliphatic heterocycles. The third kappa shape index (κ3) is 4.45. The summed E-state index contributed by atoms with van der Waals surface area (Å²) in [7, 11) is 0. The fourth-order valence-electron chi connectivity index (χ4n) is 1.40. The molecule has 0 spiro atoms. The summed E-state index contributed by atoms with van der Waals surface area (Å²) in [6.45, 7) is 4.57. The van der Waals surface area contributed by atoms with Crippen LogP contribution in [0.25, 0.3) is 0 Å². The highest BCUT2D eigenvalue weighted by Crippen LogP contribution is 2.13. The monoisotopic (exact) mass is 250 g/mol. The molecule has 0 radical (unpaired) electrons. The largest absolute Gasteiger partial charge is 0.493 e. The van der Waals surface area contributed by atoms with Gasteiger partial charge in [-0.05, 0) is 43.7 Å². The maximum absolute atomic E-state index is 11.2. The van der Waals surface area contributed by atoms with E-state index in [1.165, 1.54) is 0 Å². The minimum atomic E-state index is -0.0163. The first-order valence-electron chi connectivity index (χ1n) is 5.86. The molecule has 1 aromatic carbocycles. The van der Waals surface area contributed by atoms with Gasteiger partial charge in [-0.1, -0.05) is 5.16 Å². The Morgan fingerprint density at radius 2 is 2.06 bits per heavy atom. The Labute approximate surface area is 106 Å². The van der Waals surface area contributed by atoms with Crippen LogP contribution < -0.4 is 10.1 Å². The van der Waals surface area contributed by atoms with Crippen LogP contribution in [0.4, 0.5) is 0 Å². The third-order valence-electron chi connectivity index (χ3n) is 2.39. The lowest BCUT2D eigenvalue weighted by Gasteiger charge is -2.07. The van der Waals surface area contributed by atoms with E-state index >= 15 is 0 Å². The maximum Gasteiger partial charge on any atom is 0.223 e. The van der Waals surface area contributed by atoms with Gasteiger partial charge in [-0.2, -0.15) is 0 Å². The average molecular weight is 250 g/mol. The van der Waals surface area contributed by atoms with Crippen molar-refractivity contribution in [2.75, 3.05) is 13.2 Å². The highest BCUT2D eigenvalue weighted by molar-refractivity contribution is 5.98. The number of carbonyl (C=O) groups excluding carboxylic acids is 1. The number of hydrogen-bond donors (Lipinski definition) is 2. The summed E-state index contributed by atoms with van der Waals surface area (Å²) < 4.78 is 5.43. The van der Waals surface area contributed by atoms with E-state index in [0.717, 1.165) is 5.56 Å². The molecule has 0 atom stereocenters. The molecule has 0 aliphatic rings. The van der Waals surface area contributed by atoms with Crippen molar-refractivity contribution < 1.29 is 14.7 Å². The Balaban J connectivity index is 2.42. The van der Waals surface area contributed by atoms with Crippen molar-refractivity contribution in [2.24, 2.45) is 5.16 Å². The molecule has 0 saturated carbocycles. The van der Waals surface area contributed by atoms with Crippen LogP contribution in [0.1, 0.15) is 25.8 Å². The predicted octanol–water partition coefficient (Wildman–Crippen LogP) is 1.79. The topological polar surface area (TPSA) is 70.9 Å². The third-order valence-corrected chi connectivity index (χ3v) is 2.39. The van der Waals surface area contributed by atoms with E-state index in [1.807, 2.05) is 6.92 Å². The van der Waals surface area contributed by atoms with Gasteiger partial charge in [0.1, 0.15) is 5.75 Å². The fourth-order valence-corrected chi connectivity index (χ4v) is 1.40. The van der Waals surface area contributed by atoms with Gasteiger partial charge in [0.2, 0.25) is 5.91 Å². The molecule has 2 N–H and O–H groups in total. The van der Waals surface area contributed by atoms with Gasteiger partial charge in [0.15, 0.2) is 0 Å². The van der Waals surface area contributed by atoms with Crippen LogP contribution in [0.5, 0.6) is 5.75 Å². The number of benzene rings is 1. The van der Waals surface area contributed by atoms with Gasteiger partial charge >= 0.3 is 0 Å². The van der Waals surface area contributed by atoms with E-state index < -0.39 is 0 Å². The first kappa shape index (κ1) is 14.0. The Morgan fingerprint density at radius 3 is 2.61 bits per heavy atom. The Morgan fingerprint density at radius 1 is 1.39 bits per heavy atom. The molecule has 1 rings (SSSR count). The fraction of sp³-hybridized carbons (Fsp3) is 0.385. The standard InChI is InChI=1S/C13H18N2O3/c1-3-14-13(16)8-9-18-12-6-4-11(5-7-12)10(2)15-17/h4-7,17H,3,8-9H2,1-2H3,(H,14,16)/b15-10+. The molecule has 0 bridgehead atoms. The second-order valence-corrected chi connectivity index (χ2v) is 3.76. The van der Waals surface area contributed by atoms with E-state index in [9.17, 15) is 4.79 Å². The van der Waals surface area contributed by atoms with E-state index in [0.29, 0.717) is 31.0 Å². The lowest BCUT2D eigenvalue weighted by molar-refractivity contribution is -0.121. The predicted molar refractivity (Wildman–Crippen MR) is 69.2 cm³/mol. The molecule has 5 nitrogen and oxygen atoms in total. The van der Waals surface area contributed by atoms with Gasteiger partial charge in [0.05, 0.1) is 18.7 Å². The van der Waals surface area contributed by atoms with Crippen LogP contribution >= 0.6 is 0 Å². The van der Waals surface area contributed by atoms with Crippen molar-refractivity contribution in [2.45, 2.75) is 20.3 Å². The Bertz CT molecular complexity index is 413. The van der Waals surface area contributed by atoms with Crippen LogP contribution in [-0.2, 0) is 4.79 Å². The number of nitrogens with one attached hydrogen (secondary N) is 1. The molecule has 0 heterocycles. The maximum atomic E-state index is 11.2. The molecule has 1 aromatic rings. The highest BCUT2D eigenvalue weighted by atomic mass is 16.5. The van der Waals surface area contributed by atoms with Crippen LogP contribution in [-0.4, -0.2) is 30.0 Å². The first-order chi connectivity index (χ1) is 8.67. The summed E-state index contributed by atoms with van der Waals surface area (Å²) in [5, 5.41) is 14.4. The number of oxime groups is 1. The first-order valence-corrected chi connectivity index (χ1v) is 5.86. The molecule has 0 aromatic heterocycles. The number of nitrogens with zero attached hydrogens (tertiary/aromatic N) is 1. The molecule has 18 heavy (non-hydrogen) atoms. The molecule has 98 valence electrons. The van der Waals surface area contributed by atoms with E-state index in [-0.39, 0.29) is 5.91 Å². The summed E-state index contributed by atoms with van der Waals surface area (Å²) in [6.07, 6.45) is 0.340. The van der Waals surface area contributed by atoms with Crippen molar-refractivity contribution in [1.29, 1.82) is 0 Å². The quantitative estimate of drug-likeness (QED) is 0.459. The Kier molecular flexibility index (Phi) is 5.70. The molecule has 1 amide bonds. The van der Waals surface area contributed by atoms with Crippen molar-refractivity contribution in [3.63, 3.8) is 0 Å². The average Bonchev–Trinajstić information content (AvgIpc) is 2.39. The second kappa shape index (κ2) is 7.32. The summed E-state index contributed by atoms with van der Waals surface area (Å²) in [6, 6.07) is 7.16. The summed E-state index contributed by atoms with van der Waals surface area (Å²) in [5.41, 5.74) is 1.37. The molecular weight excluding hydrogens is 232 g/mol. The van der Waals surface area contributed by atoms with Crippen LogP contribution in [0.3, 0.4) is 0 Å². The van der Waals surface area contributed by atoms with E-state index in [4.69, 9.17) is 9.94 Å². The minimum Gasteiger partial charge on any atom is -0.493 e. The summed E-state index contributed by atoms with van der Waals surface area (Å²) >= 11 is 0. The molecule has 0 aliphatic carbocycles. The normalized spacial score (nSPS) is 11.1. The number of rotatable bonds is 6. The second-order valence-electron chi connectivity index (χ2n) is 3.76. The van der Waals surface area contributed by atoms with Crippen LogP contribution in [0, 0.1) is 0 Å². The molecule has 0 unspecified atom stereocenters. The van der Waals surface area contributed by atoms with Crippen molar-refractivity contribution >= 4 is 11.6 Å². The summed E-state index contributed by atoms with van der Waals surface area (Å²) in [5.74, 6) is 0.672.